The Balaban J connectivity index is 0.000001000. The first kappa shape index (κ1) is 10.7. The number of carbonyl (C=O) groups is 1. The molecule has 1 rings (SSSR count). The minimum absolute atomic E-state index is 0. The number of halogens is 1. The SMILES string of the molecule is Cl.NNC(=O)C[C@@H]1CCNC1. The molecular weight excluding hydrogens is 166 g/mol. The van der Waals surface area contributed by atoms with E-state index in [-0.39, 0.29) is 18.3 Å². The zero-order valence-corrected chi connectivity index (χ0v) is 7.12. The average Bonchev–Trinajstić information content (AvgIpc) is 2.40. The number of hydrazine groups is 1. The van der Waals surface area contributed by atoms with Crippen LogP contribution in [0, 0.1) is 5.92 Å². The maximum atomic E-state index is 10.7. The smallest absolute Gasteiger partial charge is 0.234 e. The molecule has 1 aliphatic rings. The van der Waals surface area contributed by atoms with E-state index in [1.54, 1.807) is 0 Å². The molecule has 0 spiro atoms. The Morgan fingerprint density at radius 3 is 2.91 bits per heavy atom. The van der Waals surface area contributed by atoms with E-state index in [0.717, 1.165) is 19.5 Å². The second-order valence-electron chi connectivity index (χ2n) is 2.63. The van der Waals surface area contributed by atoms with Crippen LogP contribution in [0.1, 0.15) is 12.8 Å². The van der Waals surface area contributed by atoms with Gasteiger partial charge in [0, 0.05) is 6.42 Å². The summed E-state index contributed by atoms with van der Waals surface area (Å²) in [5.74, 6) is 5.36. The van der Waals surface area contributed by atoms with Crippen molar-refractivity contribution in [2.24, 2.45) is 11.8 Å². The van der Waals surface area contributed by atoms with Crippen LogP contribution in [0.5, 0.6) is 0 Å². The molecule has 66 valence electrons. The van der Waals surface area contributed by atoms with Gasteiger partial charge in [0.2, 0.25) is 5.91 Å². The zero-order chi connectivity index (χ0) is 7.40. The summed E-state index contributed by atoms with van der Waals surface area (Å²) in [6, 6.07) is 0. The summed E-state index contributed by atoms with van der Waals surface area (Å²) in [6.45, 7) is 1.98. The van der Waals surface area contributed by atoms with Gasteiger partial charge in [0.15, 0.2) is 0 Å². The summed E-state index contributed by atoms with van der Waals surface area (Å²) < 4.78 is 0. The van der Waals surface area contributed by atoms with E-state index in [4.69, 9.17) is 5.84 Å². The van der Waals surface area contributed by atoms with Gasteiger partial charge in [0.05, 0.1) is 0 Å². The van der Waals surface area contributed by atoms with Gasteiger partial charge in [-0.25, -0.2) is 5.84 Å². The summed E-state index contributed by atoms with van der Waals surface area (Å²) >= 11 is 0. The fourth-order valence-corrected chi connectivity index (χ4v) is 1.21. The molecule has 0 aromatic rings. The van der Waals surface area contributed by atoms with E-state index < -0.39 is 0 Å². The first-order valence-corrected chi connectivity index (χ1v) is 3.53. The van der Waals surface area contributed by atoms with Crippen LogP contribution in [0.3, 0.4) is 0 Å². The third-order valence-corrected chi connectivity index (χ3v) is 1.80. The van der Waals surface area contributed by atoms with Gasteiger partial charge in [-0.05, 0) is 25.4 Å². The van der Waals surface area contributed by atoms with Gasteiger partial charge in [0.25, 0.3) is 0 Å². The third kappa shape index (κ3) is 3.55. The number of amides is 1. The third-order valence-electron chi connectivity index (χ3n) is 1.80. The Morgan fingerprint density at radius 2 is 2.45 bits per heavy atom. The van der Waals surface area contributed by atoms with Gasteiger partial charge in [-0.1, -0.05) is 0 Å². The molecule has 4 N–H and O–H groups in total. The van der Waals surface area contributed by atoms with Crippen LogP contribution in [0.4, 0.5) is 0 Å². The Hall–Kier alpha value is -0.320. The van der Waals surface area contributed by atoms with Crippen molar-refractivity contribution in [3.8, 4) is 0 Å². The number of nitrogens with one attached hydrogen (secondary N) is 2. The summed E-state index contributed by atoms with van der Waals surface area (Å²) in [6.07, 6.45) is 1.65. The molecule has 0 aliphatic carbocycles. The number of hydrogen-bond acceptors (Lipinski definition) is 3. The van der Waals surface area contributed by atoms with Crippen LogP contribution >= 0.6 is 12.4 Å². The van der Waals surface area contributed by atoms with Crippen molar-refractivity contribution in [3.05, 3.63) is 0 Å². The number of carbonyl (C=O) groups excluding carboxylic acids is 1. The van der Waals surface area contributed by atoms with Gasteiger partial charge in [-0.15, -0.1) is 12.4 Å². The molecule has 0 bridgehead atoms. The average molecular weight is 180 g/mol. The second kappa shape index (κ2) is 5.35. The molecule has 0 aromatic carbocycles. The van der Waals surface area contributed by atoms with Crippen LogP contribution in [0.2, 0.25) is 0 Å². The fourth-order valence-electron chi connectivity index (χ4n) is 1.21. The highest BCUT2D eigenvalue weighted by atomic mass is 35.5. The van der Waals surface area contributed by atoms with Crippen molar-refractivity contribution >= 4 is 18.3 Å². The molecule has 4 nitrogen and oxygen atoms in total. The molecule has 0 saturated carbocycles. The fraction of sp³-hybridized carbons (Fsp3) is 0.833. The van der Waals surface area contributed by atoms with Crippen molar-refractivity contribution in [3.63, 3.8) is 0 Å². The standard InChI is InChI=1S/C6H13N3O.ClH/c7-9-6(10)3-5-1-2-8-4-5;/h5,8H,1-4,7H2,(H,9,10);1H/t5-;/m0./s1. The summed E-state index contributed by atoms with van der Waals surface area (Å²) in [7, 11) is 0. The van der Waals surface area contributed by atoms with E-state index in [9.17, 15) is 4.79 Å². The van der Waals surface area contributed by atoms with Crippen molar-refractivity contribution in [2.75, 3.05) is 13.1 Å². The van der Waals surface area contributed by atoms with Crippen LogP contribution in [0.25, 0.3) is 0 Å². The van der Waals surface area contributed by atoms with Crippen LogP contribution < -0.4 is 16.6 Å². The summed E-state index contributed by atoms with van der Waals surface area (Å²) in [5, 5.41) is 3.18. The topological polar surface area (TPSA) is 67.1 Å². The highest BCUT2D eigenvalue weighted by Crippen LogP contribution is 2.10. The lowest BCUT2D eigenvalue weighted by Crippen LogP contribution is -2.31. The Morgan fingerprint density at radius 1 is 1.73 bits per heavy atom. The Labute approximate surface area is 72.3 Å². The predicted molar refractivity (Wildman–Crippen MR) is 45.2 cm³/mol. The van der Waals surface area contributed by atoms with Crippen LogP contribution in [0.15, 0.2) is 0 Å². The monoisotopic (exact) mass is 179 g/mol. The number of hydrogen-bond donors (Lipinski definition) is 3. The Kier molecular flexibility index (Phi) is 5.19. The maximum Gasteiger partial charge on any atom is 0.234 e. The Bertz CT molecular complexity index is 125. The number of nitrogens with two attached hydrogens (primary N) is 1. The van der Waals surface area contributed by atoms with Gasteiger partial charge in [-0.3, -0.25) is 10.2 Å². The lowest BCUT2D eigenvalue weighted by Gasteiger charge is -2.04. The zero-order valence-electron chi connectivity index (χ0n) is 6.30. The molecule has 0 unspecified atom stereocenters. The molecule has 1 atom stereocenters. The van der Waals surface area contributed by atoms with E-state index in [1.165, 1.54) is 0 Å². The van der Waals surface area contributed by atoms with E-state index in [1.807, 2.05) is 0 Å². The molecule has 0 aromatic heterocycles. The van der Waals surface area contributed by atoms with Crippen LogP contribution in [-0.2, 0) is 4.79 Å². The van der Waals surface area contributed by atoms with Gasteiger partial charge in [-0.2, -0.15) is 0 Å². The van der Waals surface area contributed by atoms with Gasteiger partial charge < -0.3 is 5.32 Å². The molecule has 1 saturated heterocycles. The maximum absolute atomic E-state index is 10.7. The van der Waals surface area contributed by atoms with Crippen molar-refractivity contribution in [1.82, 2.24) is 10.7 Å². The molecule has 11 heavy (non-hydrogen) atoms. The molecule has 1 amide bonds. The van der Waals surface area contributed by atoms with Gasteiger partial charge in [0.1, 0.15) is 0 Å². The quantitative estimate of drug-likeness (QED) is 0.301. The van der Waals surface area contributed by atoms with Crippen molar-refractivity contribution in [2.45, 2.75) is 12.8 Å². The van der Waals surface area contributed by atoms with E-state index in [0.29, 0.717) is 12.3 Å². The van der Waals surface area contributed by atoms with Crippen molar-refractivity contribution < 1.29 is 4.79 Å². The molecule has 1 fully saturated rings. The normalized spacial score (nSPS) is 22.5. The molecular formula is C6H14ClN3O. The molecule has 0 radical (unpaired) electrons. The van der Waals surface area contributed by atoms with Crippen LogP contribution in [-0.4, -0.2) is 19.0 Å². The minimum atomic E-state index is -0.0614. The number of rotatable bonds is 2. The highest BCUT2D eigenvalue weighted by molar-refractivity contribution is 5.85. The highest BCUT2D eigenvalue weighted by Gasteiger charge is 2.16. The molecule has 5 heteroatoms. The van der Waals surface area contributed by atoms with Gasteiger partial charge >= 0.3 is 0 Å². The lowest BCUT2D eigenvalue weighted by atomic mass is 10.1. The lowest BCUT2D eigenvalue weighted by molar-refractivity contribution is -0.121. The minimum Gasteiger partial charge on any atom is -0.316 e. The van der Waals surface area contributed by atoms with Crippen molar-refractivity contribution in [1.29, 1.82) is 0 Å². The first-order valence-electron chi connectivity index (χ1n) is 3.53. The second-order valence-corrected chi connectivity index (χ2v) is 2.63. The predicted octanol–water partition coefficient (Wildman–Crippen LogP) is -0.602. The largest absolute Gasteiger partial charge is 0.316 e. The van der Waals surface area contributed by atoms with E-state index >= 15 is 0 Å². The molecule has 1 aliphatic heterocycles. The van der Waals surface area contributed by atoms with E-state index in [2.05, 4.69) is 10.7 Å². The summed E-state index contributed by atoms with van der Waals surface area (Å²) in [5.41, 5.74) is 2.13. The summed E-state index contributed by atoms with van der Waals surface area (Å²) in [4.78, 5) is 10.7. The first-order chi connectivity index (χ1) is 4.83. The molecule has 1 heterocycles.